The van der Waals surface area contributed by atoms with E-state index in [1.54, 1.807) is 18.2 Å². The first-order valence-electron chi connectivity index (χ1n) is 5.23. The van der Waals surface area contributed by atoms with Crippen LogP contribution in [0.4, 0.5) is 0 Å². The molecule has 0 aliphatic carbocycles. The number of halogens is 6. The van der Waals surface area contributed by atoms with E-state index in [4.69, 9.17) is 74.3 Å². The van der Waals surface area contributed by atoms with Gasteiger partial charge >= 0.3 is 0 Å². The molecule has 1 nitrogen and oxygen atoms in total. The van der Waals surface area contributed by atoms with Crippen molar-refractivity contribution in [2.45, 2.75) is 0 Å². The van der Waals surface area contributed by atoms with E-state index >= 15 is 0 Å². The molecule has 2 rings (SSSR count). The Morgan fingerprint density at radius 1 is 0.700 bits per heavy atom. The van der Waals surface area contributed by atoms with Gasteiger partial charge in [-0.25, -0.2) is 0 Å². The molecule has 0 aliphatic heterocycles. The first-order chi connectivity index (χ1) is 9.38. The predicted octanol–water partition coefficient (Wildman–Crippen LogP) is 7.28. The quantitative estimate of drug-likeness (QED) is 0.489. The molecule has 0 fully saturated rings. The normalized spacial score (nSPS) is 10.8. The van der Waals surface area contributed by atoms with E-state index in [0.29, 0.717) is 31.9 Å². The lowest BCUT2D eigenvalue weighted by Gasteiger charge is -2.15. The van der Waals surface area contributed by atoms with Crippen LogP contribution < -0.4 is 4.74 Å². The molecule has 0 bridgehead atoms. The minimum atomic E-state index is 0.196. The van der Waals surface area contributed by atoms with Crippen LogP contribution in [0.3, 0.4) is 0 Å². The first-order valence-corrected chi connectivity index (χ1v) is 7.50. The monoisotopic (exact) mass is 388 g/mol. The Morgan fingerprint density at radius 3 is 1.85 bits per heavy atom. The molecule has 20 heavy (non-hydrogen) atoms. The van der Waals surface area contributed by atoms with Crippen molar-refractivity contribution < 1.29 is 4.74 Å². The summed E-state index contributed by atoms with van der Waals surface area (Å²) in [5, 5.41) is 1.68. The van der Waals surface area contributed by atoms with Gasteiger partial charge in [-0.3, -0.25) is 0 Å². The summed E-state index contributed by atoms with van der Waals surface area (Å²) in [5.41, 5.74) is 0.844. The highest BCUT2D eigenvalue weighted by Gasteiger charge is 2.21. The van der Waals surface area contributed by atoms with Gasteiger partial charge in [0.05, 0.1) is 32.2 Å². The summed E-state index contributed by atoms with van der Waals surface area (Å²) < 4.78 is 5.09. The predicted molar refractivity (Wildman–Crippen MR) is 88.5 cm³/mol. The van der Waals surface area contributed by atoms with Gasteiger partial charge in [0.25, 0.3) is 0 Å². The van der Waals surface area contributed by atoms with Crippen LogP contribution in [0.5, 0.6) is 5.75 Å². The number of ether oxygens (including phenoxy) is 1. The smallest absolute Gasteiger partial charge is 0.140 e. The van der Waals surface area contributed by atoms with Crippen LogP contribution in [-0.4, -0.2) is 7.11 Å². The lowest BCUT2D eigenvalue weighted by molar-refractivity contribution is 0.415. The number of methoxy groups -OCH3 is 1. The molecule has 0 unspecified atom stereocenters. The van der Waals surface area contributed by atoms with Crippen molar-refractivity contribution in [1.82, 2.24) is 0 Å². The Balaban J connectivity index is 2.84. The van der Waals surface area contributed by atoms with Crippen molar-refractivity contribution in [2.75, 3.05) is 7.11 Å². The summed E-state index contributed by atoms with van der Waals surface area (Å²) in [6.45, 7) is 0. The fraction of sp³-hybridized carbons (Fsp3) is 0.0769. The van der Waals surface area contributed by atoms with E-state index in [2.05, 4.69) is 0 Å². The Morgan fingerprint density at radius 2 is 1.25 bits per heavy atom. The third-order valence-corrected chi connectivity index (χ3v) is 4.91. The van der Waals surface area contributed by atoms with Gasteiger partial charge in [-0.1, -0.05) is 69.6 Å². The summed E-state index contributed by atoms with van der Waals surface area (Å²) in [6.07, 6.45) is 0. The van der Waals surface area contributed by atoms with Crippen LogP contribution in [0.2, 0.25) is 30.1 Å². The van der Waals surface area contributed by atoms with Crippen LogP contribution in [0.1, 0.15) is 0 Å². The standard InChI is InChI=1S/C13H6Cl6O/c1-20-8-4-7(16)10(13(19)12(8)18)9-5(14)2-3-6(15)11(9)17/h2-4H,1H3. The van der Waals surface area contributed by atoms with Gasteiger partial charge in [0.15, 0.2) is 0 Å². The molecule has 0 spiro atoms. The minimum Gasteiger partial charge on any atom is -0.495 e. The highest BCUT2D eigenvalue weighted by molar-refractivity contribution is 6.50. The maximum atomic E-state index is 6.26. The average Bonchev–Trinajstić information content (AvgIpc) is 2.42. The van der Waals surface area contributed by atoms with E-state index in [1.165, 1.54) is 7.11 Å². The summed E-state index contributed by atoms with van der Waals surface area (Å²) >= 11 is 37.0. The zero-order valence-electron chi connectivity index (χ0n) is 9.91. The molecule has 2 aromatic carbocycles. The maximum Gasteiger partial charge on any atom is 0.140 e. The fourth-order valence-electron chi connectivity index (χ4n) is 1.71. The second-order valence-electron chi connectivity index (χ2n) is 3.78. The van der Waals surface area contributed by atoms with Crippen molar-refractivity contribution in [3.05, 3.63) is 48.3 Å². The Kier molecular flexibility index (Phi) is 5.23. The molecule has 0 amide bonds. The molecule has 106 valence electrons. The van der Waals surface area contributed by atoms with Gasteiger partial charge in [0.2, 0.25) is 0 Å². The molecule has 0 radical (unpaired) electrons. The summed E-state index contributed by atoms with van der Waals surface area (Å²) in [5.74, 6) is 0.361. The first kappa shape index (κ1) is 16.4. The molecule has 0 saturated carbocycles. The van der Waals surface area contributed by atoms with E-state index in [9.17, 15) is 0 Å². The SMILES string of the molecule is COc1cc(Cl)c(-c2c(Cl)ccc(Cl)c2Cl)c(Cl)c1Cl. The molecule has 7 heteroatoms. The molecule has 0 saturated heterocycles. The lowest BCUT2D eigenvalue weighted by Crippen LogP contribution is -1.91. The molecule has 0 aliphatic rings. The zero-order chi connectivity index (χ0) is 15.0. The summed E-state index contributed by atoms with van der Waals surface area (Å²) in [6, 6.07) is 4.73. The summed E-state index contributed by atoms with van der Waals surface area (Å²) in [4.78, 5) is 0. The topological polar surface area (TPSA) is 9.23 Å². The zero-order valence-corrected chi connectivity index (χ0v) is 14.4. The minimum absolute atomic E-state index is 0.196. The Bertz CT molecular complexity index is 683. The Hall–Kier alpha value is -0.0200. The average molecular weight is 391 g/mol. The van der Waals surface area contributed by atoms with Gasteiger partial charge in [0, 0.05) is 17.2 Å². The lowest BCUT2D eigenvalue weighted by atomic mass is 10.0. The largest absolute Gasteiger partial charge is 0.495 e. The van der Waals surface area contributed by atoms with Gasteiger partial charge in [0.1, 0.15) is 10.8 Å². The second kappa shape index (κ2) is 6.39. The van der Waals surface area contributed by atoms with Crippen LogP contribution in [0, 0.1) is 0 Å². The van der Waals surface area contributed by atoms with E-state index in [0.717, 1.165) is 0 Å². The number of hydrogen-bond donors (Lipinski definition) is 0. The highest BCUT2D eigenvalue weighted by Crippen LogP contribution is 2.49. The Labute approximate surface area is 146 Å². The van der Waals surface area contributed by atoms with E-state index in [-0.39, 0.29) is 15.1 Å². The molecular weight excluding hydrogens is 385 g/mol. The van der Waals surface area contributed by atoms with Crippen molar-refractivity contribution >= 4 is 69.6 Å². The number of rotatable bonds is 2. The van der Waals surface area contributed by atoms with Crippen LogP contribution in [0.15, 0.2) is 18.2 Å². The number of benzene rings is 2. The van der Waals surface area contributed by atoms with Crippen molar-refractivity contribution in [3.8, 4) is 16.9 Å². The summed E-state index contributed by atoms with van der Waals surface area (Å²) in [7, 11) is 1.47. The molecule has 0 aromatic heterocycles. The van der Waals surface area contributed by atoms with Crippen LogP contribution in [0.25, 0.3) is 11.1 Å². The molecule has 0 atom stereocenters. The van der Waals surface area contributed by atoms with Gasteiger partial charge < -0.3 is 4.74 Å². The van der Waals surface area contributed by atoms with Crippen LogP contribution >= 0.6 is 69.6 Å². The maximum absolute atomic E-state index is 6.26. The molecule has 0 N–H and O–H groups in total. The highest BCUT2D eigenvalue weighted by atomic mass is 35.5. The number of hydrogen-bond acceptors (Lipinski definition) is 1. The third kappa shape index (κ3) is 2.81. The van der Waals surface area contributed by atoms with E-state index in [1.807, 2.05) is 0 Å². The van der Waals surface area contributed by atoms with Gasteiger partial charge in [-0.15, -0.1) is 0 Å². The fourth-order valence-corrected chi connectivity index (χ4v) is 3.28. The van der Waals surface area contributed by atoms with Crippen molar-refractivity contribution in [1.29, 1.82) is 0 Å². The second-order valence-corrected chi connectivity index (χ2v) is 6.14. The molecule has 2 aromatic rings. The van der Waals surface area contributed by atoms with Gasteiger partial charge in [-0.2, -0.15) is 0 Å². The van der Waals surface area contributed by atoms with Crippen molar-refractivity contribution in [3.63, 3.8) is 0 Å². The van der Waals surface area contributed by atoms with Crippen LogP contribution in [-0.2, 0) is 0 Å². The van der Waals surface area contributed by atoms with E-state index < -0.39 is 0 Å². The molecule has 0 heterocycles. The molecular formula is C13H6Cl6O. The third-order valence-electron chi connectivity index (χ3n) is 2.64. The van der Waals surface area contributed by atoms with Crippen molar-refractivity contribution in [2.24, 2.45) is 0 Å². The van der Waals surface area contributed by atoms with Gasteiger partial charge in [-0.05, 0) is 12.1 Å².